The van der Waals surface area contributed by atoms with Crippen molar-refractivity contribution in [3.8, 4) is 0 Å². The average Bonchev–Trinajstić information content (AvgIpc) is 3.26. The standard InChI is InChI=1S/C30H38N2O5S/c1-18(2)21(17-33)32-26-28(35)31(25-19(3)11-9-12-20(25)4)15-10-14-30(26)24(27(32)34)23-22(38-30)13-7-5-6-8-16-37-29(23)36/h7,9-14,18,21-24,26,33H,5-6,8,15-17H2,1-4H3/b13-7-/t21-,22-,23+,24-,26?,30-/m0/s1. The zero-order chi connectivity index (χ0) is 27.2. The maximum absolute atomic E-state index is 14.7. The highest BCUT2D eigenvalue weighted by Gasteiger charge is 2.72. The summed E-state index contributed by atoms with van der Waals surface area (Å²) in [6, 6.07) is 4.56. The quantitative estimate of drug-likeness (QED) is 0.464. The molecule has 4 heterocycles. The number of allylic oxidation sites excluding steroid dienone is 1. The number of aliphatic hydroxyl groups is 1. The van der Waals surface area contributed by atoms with Gasteiger partial charge in [-0.2, -0.15) is 0 Å². The number of para-hydroxylation sites is 1. The number of likely N-dealkylation sites (tertiary alicyclic amines) is 1. The van der Waals surface area contributed by atoms with Crippen LogP contribution in [0, 0.1) is 31.6 Å². The molecule has 0 radical (unpaired) electrons. The van der Waals surface area contributed by atoms with Crippen LogP contribution in [0.15, 0.2) is 42.5 Å². The largest absolute Gasteiger partial charge is 0.465 e. The van der Waals surface area contributed by atoms with Crippen molar-refractivity contribution in [1.29, 1.82) is 0 Å². The summed E-state index contributed by atoms with van der Waals surface area (Å²) in [7, 11) is 0. The monoisotopic (exact) mass is 538 g/mol. The fourth-order valence-corrected chi connectivity index (χ4v) is 8.75. The molecule has 7 nitrogen and oxygen atoms in total. The van der Waals surface area contributed by atoms with Crippen molar-refractivity contribution in [3.05, 3.63) is 53.6 Å². The van der Waals surface area contributed by atoms with Crippen LogP contribution < -0.4 is 4.90 Å². The first kappa shape index (κ1) is 27.0. The Balaban J connectivity index is 1.68. The van der Waals surface area contributed by atoms with Crippen LogP contribution in [0.2, 0.25) is 0 Å². The van der Waals surface area contributed by atoms with Gasteiger partial charge in [-0.05, 0) is 50.2 Å². The number of cyclic esters (lactones) is 1. The molecule has 6 atom stereocenters. The third kappa shape index (κ3) is 4.20. The zero-order valence-corrected chi connectivity index (χ0v) is 23.4. The molecule has 1 spiro atoms. The number of aryl methyl sites for hydroxylation is 2. The van der Waals surface area contributed by atoms with Gasteiger partial charge in [0.15, 0.2) is 0 Å². The van der Waals surface area contributed by atoms with Crippen molar-refractivity contribution >= 4 is 35.2 Å². The van der Waals surface area contributed by atoms with Gasteiger partial charge in [0.1, 0.15) is 6.04 Å². The van der Waals surface area contributed by atoms with Crippen LogP contribution >= 0.6 is 11.8 Å². The lowest BCUT2D eigenvalue weighted by atomic mass is 9.78. The van der Waals surface area contributed by atoms with Crippen molar-refractivity contribution in [1.82, 2.24) is 4.90 Å². The molecule has 5 rings (SSSR count). The Kier molecular flexibility index (Phi) is 7.48. The van der Waals surface area contributed by atoms with Crippen LogP contribution in [0.5, 0.6) is 0 Å². The number of thioether (sulfide) groups is 1. The Morgan fingerprint density at radius 2 is 1.84 bits per heavy atom. The first-order valence-electron chi connectivity index (χ1n) is 13.7. The van der Waals surface area contributed by atoms with Gasteiger partial charge in [-0.25, -0.2) is 0 Å². The molecule has 2 saturated heterocycles. The van der Waals surface area contributed by atoms with Gasteiger partial charge in [-0.1, -0.05) is 56.4 Å². The molecule has 0 bridgehead atoms. The third-order valence-corrected chi connectivity index (χ3v) is 10.3. The van der Waals surface area contributed by atoms with Gasteiger partial charge < -0.3 is 19.6 Å². The third-order valence-electron chi connectivity index (χ3n) is 8.56. The van der Waals surface area contributed by atoms with Gasteiger partial charge >= 0.3 is 5.97 Å². The Morgan fingerprint density at radius 1 is 1.11 bits per heavy atom. The molecule has 2 fully saturated rings. The number of carbonyl (C=O) groups is 3. The lowest BCUT2D eigenvalue weighted by molar-refractivity contribution is -0.153. The van der Waals surface area contributed by atoms with Crippen LogP contribution in [-0.2, 0) is 19.1 Å². The predicted molar refractivity (Wildman–Crippen MR) is 149 cm³/mol. The summed E-state index contributed by atoms with van der Waals surface area (Å²) in [5.41, 5.74) is 2.82. The van der Waals surface area contributed by atoms with Gasteiger partial charge in [0, 0.05) is 17.5 Å². The molecule has 204 valence electrons. The van der Waals surface area contributed by atoms with E-state index in [1.54, 1.807) is 21.6 Å². The molecule has 8 heteroatoms. The molecule has 1 aromatic rings. The molecular formula is C30H38N2O5S. The number of fused-ring (bicyclic) bond motifs is 2. The topological polar surface area (TPSA) is 87.2 Å². The van der Waals surface area contributed by atoms with Crippen LogP contribution in [0.25, 0.3) is 0 Å². The van der Waals surface area contributed by atoms with E-state index in [1.807, 2.05) is 64.1 Å². The summed E-state index contributed by atoms with van der Waals surface area (Å²) in [6.07, 6.45) is 10.7. The number of amides is 2. The minimum absolute atomic E-state index is 0.0785. The molecule has 2 amide bonds. The van der Waals surface area contributed by atoms with Crippen molar-refractivity contribution < 1.29 is 24.2 Å². The normalized spacial score (nSPS) is 32.9. The molecule has 4 aliphatic heterocycles. The van der Waals surface area contributed by atoms with Crippen LogP contribution in [0.1, 0.15) is 44.2 Å². The molecule has 0 saturated carbocycles. The molecule has 4 aliphatic rings. The van der Waals surface area contributed by atoms with E-state index in [4.69, 9.17) is 4.74 Å². The summed E-state index contributed by atoms with van der Waals surface area (Å²) in [6.45, 7) is 8.33. The minimum atomic E-state index is -0.936. The number of anilines is 1. The summed E-state index contributed by atoms with van der Waals surface area (Å²) in [4.78, 5) is 46.0. The lowest BCUT2D eigenvalue weighted by Gasteiger charge is -2.40. The molecular weight excluding hydrogens is 500 g/mol. The van der Waals surface area contributed by atoms with Crippen LogP contribution in [0.4, 0.5) is 5.69 Å². The minimum Gasteiger partial charge on any atom is -0.465 e. The van der Waals surface area contributed by atoms with E-state index in [-0.39, 0.29) is 35.6 Å². The van der Waals surface area contributed by atoms with Crippen LogP contribution in [-0.4, -0.2) is 69.6 Å². The number of ether oxygens (including phenoxy) is 1. The molecule has 38 heavy (non-hydrogen) atoms. The number of hydrogen-bond acceptors (Lipinski definition) is 6. The summed E-state index contributed by atoms with van der Waals surface area (Å²) in [5, 5.41) is 10.2. The molecule has 0 aliphatic carbocycles. The maximum Gasteiger partial charge on any atom is 0.311 e. The summed E-state index contributed by atoms with van der Waals surface area (Å²) < 4.78 is 4.75. The second-order valence-electron chi connectivity index (χ2n) is 11.3. The van der Waals surface area contributed by atoms with E-state index >= 15 is 0 Å². The number of benzene rings is 1. The van der Waals surface area contributed by atoms with E-state index < -0.39 is 28.7 Å². The molecule has 1 N–H and O–H groups in total. The van der Waals surface area contributed by atoms with Crippen molar-refractivity contribution in [3.63, 3.8) is 0 Å². The molecule has 1 unspecified atom stereocenters. The molecule has 0 aromatic heterocycles. The highest BCUT2D eigenvalue weighted by molar-refractivity contribution is 8.02. The van der Waals surface area contributed by atoms with E-state index in [9.17, 15) is 19.5 Å². The Hall–Kier alpha value is -2.58. The molecule has 1 aromatic carbocycles. The highest BCUT2D eigenvalue weighted by atomic mass is 32.2. The van der Waals surface area contributed by atoms with Crippen molar-refractivity contribution in [2.75, 3.05) is 24.7 Å². The maximum atomic E-state index is 14.7. The van der Waals surface area contributed by atoms with Gasteiger partial charge in [0.05, 0.1) is 35.8 Å². The first-order chi connectivity index (χ1) is 18.2. The SMILES string of the molecule is Cc1cccc(C)c1N1CC=C[C@]23S[C@H]4/C=C\CCCCOC(=O)[C@H]4[C@H]2C(=O)N([C@@H](CO)C(C)C)C3C1=O. The van der Waals surface area contributed by atoms with E-state index in [1.165, 1.54) is 0 Å². The second kappa shape index (κ2) is 10.5. The van der Waals surface area contributed by atoms with E-state index in [0.29, 0.717) is 13.2 Å². The number of nitrogens with zero attached hydrogens (tertiary/aromatic N) is 2. The van der Waals surface area contributed by atoms with Gasteiger partial charge in [0.2, 0.25) is 5.91 Å². The number of aliphatic hydroxyl groups excluding tert-OH is 1. The van der Waals surface area contributed by atoms with Crippen molar-refractivity contribution in [2.24, 2.45) is 17.8 Å². The van der Waals surface area contributed by atoms with Crippen LogP contribution in [0.3, 0.4) is 0 Å². The number of carbonyl (C=O) groups excluding carboxylic acids is 3. The Labute approximate surface area is 229 Å². The Morgan fingerprint density at radius 3 is 2.53 bits per heavy atom. The summed E-state index contributed by atoms with van der Waals surface area (Å²) >= 11 is 1.54. The zero-order valence-electron chi connectivity index (χ0n) is 22.6. The number of esters is 1. The van der Waals surface area contributed by atoms with E-state index in [0.717, 1.165) is 36.1 Å². The lowest BCUT2D eigenvalue weighted by Crippen LogP contribution is -2.58. The fourth-order valence-electron chi connectivity index (χ4n) is 6.77. The van der Waals surface area contributed by atoms with Gasteiger partial charge in [-0.3, -0.25) is 14.4 Å². The average molecular weight is 539 g/mol. The predicted octanol–water partition coefficient (Wildman–Crippen LogP) is 3.80. The fraction of sp³-hybridized carbons (Fsp3) is 0.567. The van der Waals surface area contributed by atoms with Gasteiger partial charge in [0.25, 0.3) is 5.91 Å². The second-order valence-corrected chi connectivity index (χ2v) is 12.8. The highest BCUT2D eigenvalue weighted by Crippen LogP contribution is 2.61. The number of rotatable bonds is 4. The first-order valence-corrected chi connectivity index (χ1v) is 14.6. The summed E-state index contributed by atoms with van der Waals surface area (Å²) in [5.74, 6) is -2.30. The Bertz CT molecular complexity index is 1160. The van der Waals surface area contributed by atoms with Gasteiger partial charge in [-0.15, -0.1) is 11.8 Å². The smallest absolute Gasteiger partial charge is 0.311 e. The van der Waals surface area contributed by atoms with E-state index in [2.05, 4.69) is 6.08 Å². The van der Waals surface area contributed by atoms with Crippen molar-refractivity contribution in [2.45, 2.75) is 69.0 Å². The number of hydrogen-bond donors (Lipinski definition) is 1.